The number of hydroxylamine groups is 1. The molecule has 1 unspecified atom stereocenters. The van der Waals surface area contributed by atoms with Gasteiger partial charge in [0.05, 0.1) is 12.2 Å². The van der Waals surface area contributed by atoms with Crippen LogP contribution in [-0.4, -0.2) is 70.1 Å². The van der Waals surface area contributed by atoms with Crippen molar-refractivity contribution in [2.24, 2.45) is 0 Å². The highest BCUT2D eigenvalue weighted by Crippen LogP contribution is 2.47. The van der Waals surface area contributed by atoms with Crippen molar-refractivity contribution >= 4 is 44.8 Å². The molecular formula is C28H37N3O8S2. The molecule has 0 aliphatic carbocycles. The molecule has 0 spiro atoms. The van der Waals surface area contributed by atoms with Gasteiger partial charge in [-0.15, -0.1) is 11.3 Å². The van der Waals surface area contributed by atoms with E-state index < -0.39 is 45.4 Å². The fourth-order valence-electron chi connectivity index (χ4n) is 4.90. The largest absolute Gasteiger partial charge is 0.439 e. The number of thiophene rings is 1. The monoisotopic (exact) mass is 607 g/mol. The van der Waals surface area contributed by atoms with Crippen molar-refractivity contribution in [3.8, 4) is 10.4 Å². The summed E-state index contributed by atoms with van der Waals surface area (Å²) in [5.41, 5.74) is 3.70. The molecule has 2 aliphatic rings. The number of hydrogen-bond acceptors (Lipinski definition) is 9. The molecule has 2 aliphatic heterocycles. The molecule has 2 N–H and O–H groups in total. The maximum Gasteiger partial charge on any atom is 0.409 e. The van der Waals surface area contributed by atoms with Gasteiger partial charge in [0.1, 0.15) is 4.75 Å². The van der Waals surface area contributed by atoms with E-state index in [1.807, 2.05) is 12.1 Å². The third-order valence-corrected chi connectivity index (χ3v) is 11.4. The minimum Gasteiger partial charge on any atom is -0.439 e. The molecule has 3 amide bonds. The van der Waals surface area contributed by atoms with Gasteiger partial charge >= 0.3 is 6.09 Å². The second-order valence-corrected chi connectivity index (χ2v) is 13.8. The van der Waals surface area contributed by atoms with E-state index in [9.17, 15) is 22.8 Å². The summed E-state index contributed by atoms with van der Waals surface area (Å²) in [6, 6.07) is 10.7. The van der Waals surface area contributed by atoms with Crippen LogP contribution in [0.5, 0.6) is 0 Å². The topological polar surface area (TPSA) is 140 Å². The number of rotatable bonds is 10. The minimum atomic E-state index is -3.63. The summed E-state index contributed by atoms with van der Waals surface area (Å²) in [6.45, 7) is 2.40. The number of benzene rings is 1. The van der Waals surface area contributed by atoms with Gasteiger partial charge in [-0.1, -0.05) is 18.6 Å². The molecule has 224 valence electrons. The maximum absolute atomic E-state index is 13.5. The second-order valence-electron chi connectivity index (χ2n) is 10.2. The standard InChI is InChI=1S/C28H37N3O8S2/c1-3-31(2)27(34)38-19-25(33)29-21-10-8-9-20(17-21)22-12-13-23(40-22)28(14-5-7-16-41(28,35)36)18-24(32)30-39-26-11-4-6-15-37-26/h8-10,12-13,17,26H,3-7,11,14-16,18-19H2,1-2H3,(H,29,33)(H,30,32)/t26?,28-/m0/s1. The SMILES string of the molecule is CCN(C)C(=O)OCC(=O)Nc1cccc(-c2ccc([C@@]3(CC(=O)NOC4CCCCO4)CCCCS3(=O)=O)s2)c1. The third kappa shape index (κ3) is 7.64. The van der Waals surface area contributed by atoms with Gasteiger partial charge in [0.2, 0.25) is 5.91 Å². The fourth-order valence-corrected chi connectivity index (χ4v) is 8.67. The maximum atomic E-state index is 13.5. The summed E-state index contributed by atoms with van der Waals surface area (Å²) >= 11 is 1.32. The summed E-state index contributed by atoms with van der Waals surface area (Å²) in [6.07, 6.45) is 2.76. The number of hydrogen-bond donors (Lipinski definition) is 2. The van der Waals surface area contributed by atoms with Crippen LogP contribution in [0.2, 0.25) is 0 Å². The quantitative estimate of drug-likeness (QED) is 0.383. The Morgan fingerprint density at radius 1 is 1.12 bits per heavy atom. The Balaban J connectivity index is 1.48. The first-order chi connectivity index (χ1) is 19.6. The summed E-state index contributed by atoms with van der Waals surface area (Å²) in [5.74, 6) is -0.971. The van der Waals surface area contributed by atoms with Gasteiger partial charge in [0, 0.05) is 42.1 Å². The summed E-state index contributed by atoms with van der Waals surface area (Å²) < 4.78 is 36.2. The van der Waals surface area contributed by atoms with Crippen LogP contribution in [0.25, 0.3) is 10.4 Å². The average Bonchev–Trinajstić information content (AvgIpc) is 3.47. The molecule has 1 aromatic carbocycles. The molecule has 2 atom stereocenters. The minimum absolute atomic E-state index is 0.0141. The number of nitrogens with zero attached hydrogens (tertiary/aromatic N) is 1. The van der Waals surface area contributed by atoms with Gasteiger partial charge in [0.15, 0.2) is 22.7 Å². The molecular weight excluding hydrogens is 570 g/mol. The molecule has 1 aromatic heterocycles. The van der Waals surface area contributed by atoms with Crippen LogP contribution >= 0.6 is 11.3 Å². The molecule has 0 saturated carbocycles. The first-order valence-corrected chi connectivity index (χ1v) is 16.3. The van der Waals surface area contributed by atoms with E-state index in [1.165, 1.54) is 16.2 Å². The van der Waals surface area contributed by atoms with E-state index in [4.69, 9.17) is 14.3 Å². The number of anilines is 1. The van der Waals surface area contributed by atoms with E-state index in [0.29, 0.717) is 49.4 Å². The molecule has 2 fully saturated rings. The Kier molecular flexibility index (Phi) is 10.4. The summed E-state index contributed by atoms with van der Waals surface area (Å²) in [5, 5.41) is 2.72. The van der Waals surface area contributed by atoms with Gasteiger partial charge in [-0.2, -0.15) is 0 Å². The van der Waals surface area contributed by atoms with E-state index in [2.05, 4.69) is 10.8 Å². The van der Waals surface area contributed by atoms with E-state index in [-0.39, 0.29) is 12.2 Å². The predicted octanol–water partition coefficient (Wildman–Crippen LogP) is 4.20. The zero-order valence-electron chi connectivity index (χ0n) is 23.3. The Hall–Kier alpha value is -3.00. The smallest absolute Gasteiger partial charge is 0.409 e. The first kappa shape index (κ1) is 30.9. The molecule has 2 saturated heterocycles. The van der Waals surface area contributed by atoms with Crippen molar-refractivity contribution in [2.75, 3.05) is 37.9 Å². The fraction of sp³-hybridized carbons (Fsp3) is 0.536. The predicted molar refractivity (Wildman–Crippen MR) is 155 cm³/mol. The van der Waals surface area contributed by atoms with Gasteiger partial charge in [-0.05, 0) is 62.4 Å². The molecule has 3 heterocycles. The number of sulfone groups is 1. The van der Waals surface area contributed by atoms with Gasteiger partial charge in [0.25, 0.3) is 5.91 Å². The molecule has 11 nitrogen and oxygen atoms in total. The van der Waals surface area contributed by atoms with Crippen LogP contribution in [0.15, 0.2) is 36.4 Å². The summed E-state index contributed by atoms with van der Waals surface area (Å²) in [7, 11) is -2.05. The normalized spacial score (nSPS) is 22.0. The van der Waals surface area contributed by atoms with Crippen LogP contribution in [0.3, 0.4) is 0 Å². The molecule has 2 aromatic rings. The second kappa shape index (κ2) is 13.8. The molecule has 0 bridgehead atoms. The molecule has 0 radical (unpaired) electrons. The van der Waals surface area contributed by atoms with Crippen LogP contribution in [0.4, 0.5) is 10.5 Å². The first-order valence-electron chi connectivity index (χ1n) is 13.8. The Morgan fingerprint density at radius 3 is 2.68 bits per heavy atom. The van der Waals surface area contributed by atoms with Crippen molar-refractivity contribution in [1.29, 1.82) is 0 Å². The van der Waals surface area contributed by atoms with Crippen LogP contribution < -0.4 is 10.8 Å². The molecule has 4 rings (SSSR count). The lowest BCUT2D eigenvalue weighted by atomic mass is 9.94. The van der Waals surface area contributed by atoms with Crippen LogP contribution in [0.1, 0.15) is 56.7 Å². The Morgan fingerprint density at radius 2 is 1.95 bits per heavy atom. The number of amides is 3. The van der Waals surface area contributed by atoms with Crippen molar-refractivity contribution < 1.29 is 37.1 Å². The van der Waals surface area contributed by atoms with Crippen LogP contribution in [0, 0.1) is 0 Å². The highest BCUT2D eigenvalue weighted by molar-refractivity contribution is 7.92. The lowest BCUT2D eigenvalue weighted by Crippen LogP contribution is -2.45. The summed E-state index contributed by atoms with van der Waals surface area (Å²) in [4.78, 5) is 45.3. The highest BCUT2D eigenvalue weighted by Gasteiger charge is 2.49. The van der Waals surface area contributed by atoms with Gasteiger partial charge in [-0.3, -0.25) is 9.59 Å². The number of ether oxygens (including phenoxy) is 2. The van der Waals surface area contributed by atoms with Crippen molar-refractivity contribution in [3.63, 3.8) is 0 Å². The number of carbonyl (C=O) groups is 3. The van der Waals surface area contributed by atoms with Gasteiger partial charge < -0.3 is 19.7 Å². The highest BCUT2D eigenvalue weighted by atomic mass is 32.2. The lowest BCUT2D eigenvalue weighted by molar-refractivity contribution is -0.200. The zero-order valence-corrected chi connectivity index (χ0v) is 25.0. The number of nitrogens with one attached hydrogen (secondary N) is 2. The van der Waals surface area contributed by atoms with E-state index in [0.717, 1.165) is 23.3 Å². The van der Waals surface area contributed by atoms with Crippen molar-refractivity contribution in [3.05, 3.63) is 41.3 Å². The van der Waals surface area contributed by atoms with Crippen molar-refractivity contribution in [1.82, 2.24) is 10.4 Å². The third-order valence-electron chi connectivity index (χ3n) is 7.33. The number of carbonyl (C=O) groups excluding carboxylic acids is 3. The van der Waals surface area contributed by atoms with E-state index in [1.54, 1.807) is 38.2 Å². The Labute approximate surface area is 244 Å². The Bertz CT molecular complexity index is 1340. The van der Waals surface area contributed by atoms with Gasteiger partial charge in [-0.25, -0.2) is 23.5 Å². The molecule has 41 heavy (non-hydrogen) atoms. The van der Waals surface area contributed by atoms with E-state index >= 15 is 0 Å². The van der Waals surface area contributed by atoms with Crippen molar-refractivity contribution in [2.45, 2.75) is 62.9 Å². The van der Waals surface area contributed by atoms with Crippen LogP contribution in [-0.2, 0) is 38.5 Å². The molecule has 13 heteroatoms. The lowest BCUT2D eigenvalue weighted by Gasteiger charge is -2.35. The zero-order chi connectivity index (χ0) is 29.5. The average molecular weight is 608 g/mol.